The van der Waals surface area contributed by atoms with E-state index in [1.54, 1.807) is 22.2 Å². The SMILES string of the molecule is Cc1ccc(CN2C[C@@H]3C[C@H](C2)[C@H](C(=O)NCc2cscn2)n2c3cccc2=O)o1. The maximum atomic E-state index is 13.2. The molecule has 0 saturated carbocycles. The first kappa shape index (κ1) is 19.3. The first-order chi connectivity index (χ1) is 14.6. The zero-order valence-electron chi connectivity index (χ0n) is 16.8. The van der Waals surface area contributed by atoms with E-state index in [1.807, 2.05) is 30.5 Å². The number of nitrogens with one attached hydrogen (secondary N) is 1. The van der Waals surface area contributed by atoms with E-state index in [0.29, 0.717) is 13.1 Å². The molecule has 3 aromatic heterocycles. The van der Waals surface area contributed by atoms with Gasteiger partial charge in [0.05, 0.1) is 24.3 Å². The third-order valence-corrected chi connectivity index (χ3v) is 6.73. The lowest BCUT2D eigenvalue weighted by Gasteiger charge is -2.46. The van der Waals surface area contributed by atoms with E-state index in [2.05, 4.69) is 15.2 Å². The molecule has 0 radical (unpaired) electrons. The van der Waals surface area contributed by atoms with Crippen molar-refractivity contribution < 1.29 is 9.21 Å². The van der Waals surface area contributed by atoms with Crippen LogP contribution in [0.4, 0.5) is 0 Å². The summed E-state index contributed by atoms with van der Waals surface area (Å²) in [7, 11) is 0. The van der Waals surface area contributed by atoms with Crippen LogP contribution in [0, 0.1) is 12.8 Å². The minimum absolute atomic E-state index is 0.0721. The second-order valence-electron chi connectivity index (χ2n) is 8.20. The van der Waals surface area contributed by atoms with Crippen molar-refractivity contribution in [2.45, 2.75) is 38.4 Å². The molecule has 0 spiro atoms. The Balaban J connectivity index is 1.43. The van der Waals surface area contributed by atoms with Crippen LogP contribution in [-0.2, 0) is 17.9 Å². The Hall–Kier alpha value is -2.71. The third-order valence-electron chi connectivity index (χ3n) is 6.09. The summed E-state index contributed by atoms with van der Waals surface area (Å²) < 4.78 is 7.49. The van der Waals surface area contributed by atoms with E-state index in [-0.39, 0.29) is 23.3 Å². The molecule has 2 aliphatic rings. The van der Waals surface area contributed by atoms with Crippen LogP contribution in [0.1, 0.15) is 41.3 Å². The summed E-state index contributed by atoms with van der Waals surface area (Å²) in [5, 5.41) is 4.92. The van der Waals surface area contributed by atoms with E-state index < -0.39 is 6.04 Å². The van der Waals surface area contributed by atoms with Gasteiger partial charge in [-0.15, -0.1) is 11.3 Å². The fourth-order valence-corrected chi connectivity index (χ4v) is 5.45. The highest BCUT2D eigenvalue weighted by Crippen LogP contribution is 2.41. The van der Waals surface area contributed by atoms with Gasteiger partial charge in [0.2, 0.25) is 5.91 Å². The number of piperidine rings is 1. The number of aromatic nitrogens is 2. The number of likely N-dealkylation sites (tertiary alicyclic amines) is 1. The van der Waals surface area contributed by atoms with Gasteiger partial charge in [0, 0.05) is 42.1 Å². The smallest absolute Gasteiger partial charge is 0.251 e. The Morgan fingerprint density at radius 3 is 2.97 bits per heavy atom. The van der Waals surface area contributed by atoms with Crippen molar-refractivity contribution in [3.8, 4) is 0 Å². The second-order valence-corrected chi connectivity index (χ2v) is 8.92. The highest BCUT2D eigenvalue weighted by atomic mass is 32.1. The van der Waals surface area contributed by atoms with E-state index in [1.165, 1.54) is 11.3 Å². The monoisotopic (exact) mass is 424 g/mol. The molecule has 8 heteroatoms. The lowest BCUT2D eigenvalue weighted by Crippen LogP contribution is -2.53. The van der Waals surface area contributed by atoms with Crippen molar-refractivity contribution in [1.82, 2.24) is 19.8 Å². The van der Waals surface area contributed by atoms with Crippen LogP contribution in [0.15, 0.2) is 50.4 Å². The number of aryl methyl sites for hydroxylation is 1. The summed E-state index contributed by atoms with van der Waals surface area (Å²) in [6, 6.07) is 8.82. The van der Waals surface area contributed by atoms with Crippen LogP contribution in [-0.4, -0.2) is 33.4 Å². The molecule has 3 atom stereocenters. The molecule has 0 unspecified atom stereocenters. The number of amides is 1. The lowest BCUT2D eigenvalue weighted by atomic mass is 9.78. The van der Waals surface area contributed by atoms with Gasteiger partial charge in [0.15, 0.2) is 0 Å². The van der Waals surface area contributed by atoms with Gasteiger partial charge in [-0.1, -0.05) is 6.07 Å². The van der Waals surface area contributed by atoms with Gasteiger partial charge in [-0.05, 0) is 31.5 Å². The average Bonchev–Trinajstić information content (AvgIpc) is 3.39. The largest absolute Gasteiger partial charge is 0.465 e. The van der Waals surface area contributed by atoms with E-state index in [4.69, 9.17) is 4.42 Å². The van der Waals surface area contributed by atoms with Crippen LogP contribution < -0.4 is 10.9 Å². The minimum Gasteiger partial charge on any atom is -0.465 e. The first-order valence-corrected chi connectivity index (χ1v) is 11.2. The first-order valence-electron chi connectivity index (χ1n) is 10.2. The molecule has 5 heterocycles. The van der Waals surface area contributed by atoms with Gasteiger partial charge in [-0.2, -0.15) is 0 Å². The number of carbonyl (C=O) groups excluding carboxylic acids is 1. The Labute approximate surface area is 178 Å². The summed E-state index contributed by atoms with van der Waals surface area (Å²) in [6.45, 7) is 4.64. The Morgan fingerprint density at radius 2 is 2.20 bits per heavy atom. The number of hydrogen-bond acceptors (Lipinski definition) is 6. The zero-order valence-corrected chi connectivity index (χ0v) is 17.6. The van der Waals surface area contributed by atoms with Crippen molar-refractivity contribution in [1.29, 1.82) is 0 Å². The highest BCUT2D eigenvalue weighted by molar-refractivity contribution is 7.07. The molecule has 1 N–H and O–H groups in total. The lowest BCUT2D eigenvalue weighted by molar-refractivity contribution is -0.128. The minimum atomic E-state index is -0.510. The predicted molar refractivity (Wildman–Crippen MR) is 113 cm³/mol. The van der Waals surface area contributed by atoms with Gasteiger partial charge in [0.25, 0.3) is 5.56 Å². The molecule has 5 rings (SSSR count). The summed E-state index contributed by atoms with van der Waals surface area (Å²) in [6.07, 6.45) is 0.909. The van der Waals surface area contributed by atoms with Gasteiger partial charge >= 0.3 is 0 Å². The number of carbonyl (C=O) groups is 1. The van der Waals surface area contributed by atoms with Crippen molar-refractivity contribution >= 4 is 17.2 Å². The maximum Gasteiger partial charge on any atom is 0.251 e. The van der Waals surface area contributed by atoms with Crippen LogP contribution in [0.2, 0.25) is 0 Å². The van der Waals surface area contributed by atoms with Crippen molar-refractivity contribution in [3.05, 3.63) is 74.5 Å². The Kier molecular flexibility index (Phi) is 5.04. The predicted octanol–water partition coefficient (Wildman–Crippen LogP) is 2.68. The van der Waals surface area contributed by atoms with Gasteiger partial charge in [0.1, 0.15) is 17.6 Å². The quantitative estimate of drug-likeness (QED) is 0.681. The molecule has 0 aliphatic carbocycles. The van der Waals surface area contributed by atoms with Gasteiger partial charge < -0.3 is 9.73 Å². The number of rotatable bonds is 5. The topological polar surface area (TPSA) is 80.4 Å². The molecular weight excluding hydrogens is 400 g/mol. The van der Waals surface area contributed by atoms with Crippen molar-refractivity contribution in [3.63, 3.8) is 0 Å². The van der Waals surface area contributed by atoms with Crippen LogP contribution in [0.3, 0.4) is 0 Å². The fraction of sp³-hybridized carbons (Fsp3) is 0.409. The molecule has 156 valence electrons. The molecule has 0 aromatic carbocycles. The standard InChI is InChI=1S/C22H24N4O3S/c1-14-5-6-18(29-14)11-25-9-15-7-16(10-25)21(26-19(15)3-2-4-20(26)27)22(28)23-8-17-12-30-13-24-17/h2-6,12-13,15-16,21H,7-11H2,1H3,(H,23,28)/t15-,16+,21+/m0/s1. The second kappa shape index (κ2) is 7.85. The Bertz CT molecular complexity index is 1100. The van der Waals surface area contributed by atoms with Crippen molar-refractivity contribution in [2.75, 3.05) is 13.1 Å². The van der Waals surface area contributed by atoms with Crippen LogP contribution in [0.5, 0.6) is 0 Å². The maximum absolute atomic E-state index is 13.2. The molecule has 3 aromatic rings. The normalized spacial score (nSPS) is 23.2. The third kappa shape index (κ3) is 3.61. The summed E-state index contributed by atoms with van der Waals surface area (Å²) in [4.78, 5) is 32.6. The number of nitrogens with zero attached hydrogens (tertiary/aromatic N) is 3. The number of fused-ring (bicyclic) bond motifs is 4. The summed E-state index contributed by atoms with van der Waals surface area (Å²) in [5.74, 6) is 2.02. The zero-order chi connectivity index (χ0) is 20.7. The molecule has 1 saturated heterocycles. The molecule has 2 aliphatic heterocycles. The van der Waals surface area contributed by atoms with Crippen LogP contribution >= 0.6 is 11.3 Å². The number of thiazole rings is 1. The summed E-state index contributed by atoms with van der Waals surface area (Å²) in [5.41, 5.74) is 3.43. The van der Waals surface area contributed by atoms with Gasteiger partial charge in [-0.25, -0.2) is 4.98 Å². The Morgan fingerprint density at radius 1 is 1.30 bits per heavy atom. The number of pyridine rings is 1. The molecule has 1 fully saturated rings. The summed E-state index contributed by atoms with van der Waals surface area (Å²) >= 11 is 1.50. The molecule has 2 bridgehead atoms. The van der Waals surface area contributed by atoms with Crippen LogP contribution in [0.25, 0.3) is 0 Å². The van der Waals surface area contributed by atoms with E-state index in [9.17, 15) is 9.59 Å². The number of furan rings is 1. The molecular formula is C22H24N4O3S. The van der Waals surface area contributed by atoms with Gasteiger partial charge in [-0.3, -0.25) is 19.1 Å². The van der Waals surface area contributed by atoms with E-state index in [0.717, 1.165) is 42.4 Å². The fourth-order valence-electron chi connectivity index (χ4n) is 4.89. The average molecular weight is 425 g/mol. The molecule has 1 amide bonds. The molecule has 7 nitrogen and oxygen atoms in total. The highest BCUT2D eigenvalue weighted by Gasteiger charge is 2.43. The van der Waals surface area contributed by atoms with E-state index >= 15 is 0 Å². The number of hydrogen-bond donors (Lipinski definition) is 1. The van der Waals surface area contributed by atoms with Crippen molar-refractivity contribution in [2.24, 2.45) is 5.92 Å². The molecule has 30 heavy (non-hydrogen) atoms.